The first-order valence-corrected chi connectivity index (χ1v) is 10.1. The summed E-state index contributed by atoms with van der Waals surface area (Å²) in [4.78, 5) is 12.7. The van der Waals surface area contributed by atoms with E-state index >= 15 is 0 Å². The third kappa shape index (κ3) is 3.52. The maximum Gasteiger partial charge on any atom is 0.276 e. The number of amides is 1. The molecular formula is C23H23N3O4. The van der Waals surface area contributed by atoms with Crippen LogP contribution in [-0.2, 0) is 17.9 Å². The lowest BCUT2D eigenvalue weighted by Crippen LogP contribution is -2.22. The number of fused-ring (bicyclic) bond motifs is 2. The fraction of sp³-hybridized carbons (Fsp3) is 0.304. The van der Waals surface area contributed by atoms with Crippen molar-refractivity contribution in [2.75, 3.05) is 12.1 Å². The van der Waals surface area contributed by atoms with Gasteiger partial charge in [0.15, 0.2) is 17.2 Å². The van der Waals surface area contributed by atoms with E-state index in [1.165, 1.54) is 5.56 Å². The van der Waals surface area contributed by atoms with Crippen LogP contribution in [0.15, 0.2) is 48.5 Å². The molecule has 1 atom stereocenters. The Kier molecular flexibility index (Phi) is 4.67. The molecule has 5 rings (SSSR count). The third-order valence-electron chi connectivity index (χ3n) is 5.45. The number of nitrogens with zero attached hydrogens (tertiary/aromatic N) is 2. The topological polar surface area (TPSA) is 74.6 Å². The van der Waals surface area contributed by atoms with Crippen LogP contribution in [0.3, 0.4) is 0 Å². The summed E-state index contributed by atoms with van der Waals surface area (Å²) in [5.41, 5.74) is 4.21. The fourth-order valence-electron chi connectivity index (χ4n) is 3.72. The largest absolute Gasteiger partial charge is 0.454 e. The molecule has 0 saturated heterocycles. The third-order valence-corrected chi connectivity index (χ3v) is 5.45. The van der Waals surface area contributed by atoms with Crippen molar-refractivity contribution in [3.8, 4) is 11.5 Å². The zero-order chi connectivity index (χ0) is 20.7. The van der Waals surface area contributed by atoms with Crippen molar-refractivity contribution in [2.45, 2.75) is 39.0 Å². The number of hydrogen-bond acceptors (Lipinski definition) is 5. The van der Waals surface area contributed by atoms with Gasteiger partial charge in [-0.25, -0.2) is 0 Å². The average Bonchev–Trinajstić information content (AvgIpc) is 3.39. The lowest BCUT2D eigenvalue weighted by molar-refractivity contribution is -0.00127. The van der Waals surface area contributed by atoms with E-state index in [1.54, 1.807) is 6.07 Å². The molecule has 2 aliphatic rings. The summed E-state index contributed by atoms with van der Waals surface area (Å²) in [7, 11) is 0. The molecule has 2 aromatic carbocycles. The first-order chi connectivity index (χ1) is 14.6. The standard InChI is InChI=1S/C23H23N3O4/c1-14(2)15-4-3-5-17(8-15)24-23(27)19-10-18-12-28-22(11-26(18)25-19)16-6-7-20-21(9-16)30-13-29-20/h3-10,14,22H,11-13H2,1-2H3,(H,24,27). The first kappa shape index (κ1) is 18.7. The van der Waals surface area contributed by atoms with E-state index in [2.05, 4.69) is 30.3 Å². The number of ether oxygens (including phenoxy) is 3. The van der Waals surface area contributed by atoms with Gasteiger partial charge in [-0.3, -0.25) is 9.48 Å². The summed E-state index contributed by atoms with van der Waals surface area (Å²) < 4.78 is 18.7. The van der Waals surface area contributed by atoms with Crippen molar-refractivity contribution < 1.29 is 19.0 Å². The van der Waals surface area contributed by atoms with E-state index in [-0.39, 0.29) is 18.8 Å². The summed E-state index contributed by atoms with van der Waals surface area (Å²) in [5, 5.41) is 7.47. The van der Waals surface area contributed by atoms with Crippen LogP contribution in [0.2, 0.25) is 0 Å². The van der Waals surface area contributed by atoms with Gasteiger partial charge in [-0.1, -0.05) is 32.0 Å². The van der Waals surface area contributed by atoms with Gasteiger partial charge in [-0.05, 0) is 47.4 Å². The Balaban J connectivity index is 1.31. The summed E-state index contributed by atoms with van der Waals surface area (Å²) in [6.45, 7) is 5.42. The number of carbonyl (C=O) groups is 1. The molecule has 0 spiro atoms. The van der Waals surface area contributed by atoms with Gasteiger partial charge in [0, 0.05) is 5.69 Å². The van der Waals surface area contributed by atoms with Gasteiger partial charge < -0.3 is 19.5 Å². The molecule has 1 unspecified atom stereocenters. The van der Waals surface area contributed by atoms with Crippen LogP contribution in [0.25, 0.3) is 0 Å². The van der Waals surface area contributed by atoms with Crippen molar-refractivity contribution in [3.05, 3.63) is 71.0 Å². The van der Waals surface area contributed by atoms with Gasteiger partial charge in [0.1, 0.15) is 6.10 Å². The number of anilines is 1. The second-order valence-corrected chi connectivity index (χ2v) is 7.85. The van der Waals surface area contributed by atoms with Gasteiger partial charge in [0.05, 0.1) is 18.8 Å². The van der Waals surface area contributed by atoms with Crippen molar-refractivity contribution in [2.24, 2.45) is 0 Å². The average molecular weight is 405 g/mol. The molecular weight excluding hydrogens is 382 g/mol. The van der Waals surface area contributed by atoms with Crippen LogP contribution < -0.4 is 14.8 Å². The minimum absolute atomic E-state index is 0.162. The number of carbonyl (C=O) groups excluding carboxylic acids is 1. The molecule has 1 amide bonds. The lowest BCUT2D eigenvalue weighted by atomic mass is 10.0. The Morgan fingerprint density at radius 1 is 1.13 bits per heavy atom. The second kappa shape index (κ2) is 7.50. The maximum atomic E-state index is 12.7. The molecule has 30 heavy (non-hydrogen) atoms. The van der Waals surface area contributed by atoms with E-state index in [0.717, 1.165) is 28.4 Å². The minimum atomic E-state index is -0.225. The van der Waals surface area contributed by atoms with E-state index in [1.807, 2.05) is 41.1 Å². The molecule has 1 aromatic heterocycles. The summed E-state index contributed by atoms with van der Waals surface area (Å²) in [5.74, 6) is 1.64. The highest BCUT2D eigenvalue weighted by molar-refractivity contribution is 6.03. The molecule has 1 N–H and O–H groups in total. The molecule has 7 heteroatoms. The Bertz CT molecular complexity index is 1110. The number of aromatic nitrogens is 2. The van der Waals surface area contributed by atoms with E-state index in [9.17, 15) is 4.79 Å². The van der Waals surface area contributed by atoms with Crippen molar-refractivity contribution in [3.63, 3.8) is 0 Å². The molecule has 3 aromatic rings. The zero-order valence-electron chi connectivity index (χ0n) is 16.9. The lowest BCUT2D eigenvalue weighted by Gasteiger charge is -2.24. The quantitative estimate of drug-likeness (QED) is 0.702. The van der Waals surface area contributed by atoms with E-state index in [0.29, 0.717) is 24.8 Å². The predicted molar refractivity (Wildman–Crippen MR) is 111 cm³/mol. The highest BCUT2D eigenvalue weighted by Crippen LogP contribution is 2.36. The fourth-order valence-corrected chi connectivity index (χ4v) is 3.72. The molecule has 0 aliphatic carbocycles. The molecule has 0 saturated carbocycles. The Labute approximate surface area is 174 Å². The van der Waals surface area contributed by atoms with Crippen molar-refractivity contribution >= 4 is 11.6 Å². The molecule has 7 nitrogen and oxygen atoms in total. The van der Waals surface area contributed by atoms with Crippen molar-refractivity contribution in [1.82, 2.24) is 9.78 Å². The van der Waals surface area contributed by atoms with Crippen LogP contribution in [-0.4, -0.2) is 22.5 Å². The number of hydrogen-bond donors (Lipinski definition) is 1. The smallest absolute Gasteiger partial charge is 0.276 e. The molecule has 2 aliphatic heterocycles. The summed E-state index contributed by atoms with van der Waals surface area (Å²) >= 11 is 0. The van der Waals surface area contributed by atoms with Crippen LogP contribution in [0.5, 0.6) is 11.5 Å². The predicted octanol–water partition coefficient (Wildman–Crippen LogP) is 4.26. The monoisotopic (exact) mass is 405 g/mol. The summed E-state index contributed by atoms with van der Waals surface area (Å²) in [6.07, 6.45) is -0.162. The highest BCUT2D eigenvalue weighted by atomic mass is 16.7. The van der Waals surface area contributed by atoms with Crippen LogP contribution in [0, 0.1) is 0 Å². The van der Waals surface area contributed by atoms with E-state index < -0.39 is 0 Å². The molecule has 0 fully saturated rings. The number of benzene rings is 2. The van der Waals surface area contributed by atoms with Crippen LogP contribution in [0.1, 0.15) is 53.2 Å². The molecule has 154 valence electrons. The van der Waals surface area contributed by atoms with Crippen LogP contribution in [0.4, 0.5) is 5.69 Å². The van der Waals surface area contributed by atoms with Gasteiger partial charge in [0.2, 0.25) is 6.79 Å². The van der Waals surface area contributed by atoms with Gasteiger partial charge >= 0.3 is 0 Å². The van der Waals surface area contributed by atoms with Crippen LogP contribution >= 0.6 is 0 Å². The molecule has 0 radical (unpaired) electrons. The molecule has 0 bridgehead atoms. The maximum absolute atomic E-state index is 12.7. The van der Waals surface area contributed by atoms with Crippen molar-refractivity contribution in [1.29, 1.82) is 0 Å². The SMILES string of the molecule is CC(C)c1cccc(NC(=O)c2cc3n(n2)CC(c2ccc4c(c2)OCO4)OC3)c1. The Hall–Kier alpha value is -3.32. The molecule has 3 heterocycles. The number of rotatable bonds is 4. The summed E-state index contributed by atoms with van der Waals surface area (Å²) in [6, 6.07) is 15.5. The normalized spacial score (nSPS) is 17.1. The Morgan fingerprint density at radius 2 is 2.00 bits per heavy atom. The van der Waals surface area contributed by atoms with Gasteiger partial charge in [0.25, 0.3) is 5.91 Å². The van der Waals surface area contributed by atoms with E-state index in [4.69, 9.17) is 14.2 Å². The number of nitrogens with one attached hydrogen (secondary N) is 1. The highest BCUT2D eigenvalue weighted by Gasteiger charge is 2.26. The first-order valence-electron chi connectivity index (χ1n) is 10.1. The minimum Gasteiger partial charge on any atom is -0.454 e. The van der Waals surface area contributed by atoms with Gasteiger partial charge in [-0.2, -0.15) is 5.10 Å². The Morgan fingerprint density at radius 3 is 2.87 bits per heavy atom. The zero-order valence-corrected chi connectivity index (χ0v) is 16.9. The second-order valence-electron chi connectivity index (χ2n) is 7.85. The van der Waals surface area contributed by atoms with Gasteiger partial charge in [-0.15, -0.1) is 0 Å².